The minimum absolute atomic E-state index is 0.427. The normalized spacial score (nSPS) is 20.1. The number of phenols is 1. The van der Waals surface area contributed by atoms with Crippen LogP contribution >= 0.6 is 0 Å². The molecule has 2 nitrogen and oxygen atoms in total. The van der Waals surface area contributed by atoms with Gasteiger partial charge in [-0.3, -0.25) is 4.90 Å². The van der Waals surface area contributed by atoms with Gasteiger partial charge in [0, 0.05) is 12.6 Å². The molecule has 0 fully saturated rings. The van der Waals surface area contributed by atoms with Gasteiger partial charge in [0.2, 0.25) is 0 Å². The predicted octanol–water partition coefficient (Wildman–Crippen LogP) is 3.85. The maximum Gasteiger partial charge on any atom is 0.116 e. The fraction of sp³-hybridized carbons (Fsp3) is 0.400. The molecule has 0 amide bonds. The van der Waals surface area contributed by atoms with Crippen LogP contribution in [-0.2, 0) is 19.3 Å². The highest BCUT2D eigenvalue weighted by Crippen LogP contribution is 2.40. The fourth-order valence-corrected chi connectivity index (χ4v) is 4.27. The SMILES string of the molecule is CCCN1CCc2cc(O)cc3c2C1Cc1ccccc1C3. The monoisotopic (exact) mass is 293 g/mol. The first-order chi connectivity index (χ1) is 10.8. The second-order valence-electron chi connectivity index (χ2n) is 6.63. The summed E-state index contributed by atoms with van der Waals surface area (Å²) >= 11 is 0. The number of hydrogen-bond acceptors (Lipinski definition) is 2. The van der Waals surface area contributed by atoms with Crippen molar-refractivity contribution in [2.24, 2.45) is 0 Å². The second kappa shape index (κ2) is 5.44. The molecule has 1 heterocycles. The summed E-state index contributed by atoms with van der Waals surface area (Å²) in [5.74, 6) is 0.427. The Morgan fingerprint density at radius 3 is 2.68 bits per heavy atom. The van der Waals surface area contributed by atoms with Crippen LogP contribution in [0, 0.1) is 0 Å². The van der Waals surface area contributed by atoms with Crippen LogP contribution in [0.5, 0.6) is 5.75 Å². The molecule has 1 aliphatic heterocycles. The van der Waals surface area contributed by atoms with Gasteiger partial charge >= 0.3 is 0 Å². The summed E-state index contributed by atoms with van der Waals surface area (Å²) in [6.07, 6.45) is 4.30. The van der Waals surface area contributed by atoms with Crippen molar-refractivity contribution in [2.75, 3.05) is 13.1 Å². The zero-order valence-electron chi connectivity index (χ0n) is 13.2. The van der Waals surface area contributed by atoms with Crippen LogP contribution < -0.4 is 0 Å². The molecule has 2 aromatic rings. The summed E-state index contributed by atoms with van der Waals surface area (Å²) in [7, 11) is 0. The van der Waals surface area contributed by atoms with Gasteiger partial charge in [0.1, 0.15) is 5.75 Å². The quantitative estimate of drug-likeness (QED) is 0.909. The zero-order valence-corrected chi connectivity index (χ0v) is 13.2. The Hall–Kier alpha value is -1.80. The van der Waals surface area contributed by atoms with Gasteiger partial charge in [-0.2, -0.15) is 0 Å². The smallest absolute Gasteiger partial charge is 0.116 e. The highest BCUT2D eigenvalue weighted by molar-refractivity contribution is 5.50. The van der Waals surface area contributed by atoms with Gasteiger partial charge in [0.05, 0.1) is 0 Å². The van der Waals surface area contributed by atoms with Gasteiger partial charge in [-0.25, -0.2) is 0 Å². The molecule has 1 N–H and O–H groups in total. The minimum Gasteiger partial charge on any atom is -0.508 e. The second-order valence-corrected chi connectivity index (χ2v) is 6.63. The molecule has 0 aromatic heterocycles. The fourth-order valence-electron chi connectivity index (χ4n) is 4.27. The van der Waals surface area contributed by atoms with Crippen LogP contribution in [0.15, 0.2) is 36.4 Å². The Labute approximate surface area is 132 Å². The van der Waals surface area contributed by atoms with E-state index in [-0.39, 0.29) is 0 Å². The Balaban J connectivity index is 1.88. The van der Waals surface area contributed by atoms with E-state index < -0.39 is 0 Å². The van der Waals surface area contributed by atoms with E-state index >= 15 is 0 Å². The molecule has 0 spiro atoms. The average Bonchev–Trinajstić information content (AvgIpc) is 2.67. The van der Waals surface area contributed by atoms with E-state index in [0.717, 1.165) is 32.4 Å². The number of aromatic hydroxyl groups is 1. The summed E-state index contributed by atoms with van der Waals surface area (Å²) in [4.78, 5) is 2.64. The lowest BCUT2D eigenvalue weighted by atomic mass is 9.86. The number of nitrogens with zero attached hydrogens (tertiary/aromatic N) is 1. The molecule has 1 unspecified atom stereocenters. The first kappa shape index (κ1) is 13.8. The molecule has 2 aromatic carbocycles. The van der Waals surface area contributed by atoms with Crippen LogP contribution in [0.25, 0.3) is 0 Å². The van der Waals surface area contributed by atoms with E-state index in [9.17, 15) is 5.11 Å². The number of benzene rings is 2. The number of rotatable bonds is 2. The van der Waals surface area contributed by atoms with Crippen LogP contribution in [0.2, 0.25) is 0 Å². The highest BCUT2D eigenvalue weighted by Gasteiger charge is 2.32. The van der Waals surface area contributed by atoms with E-state index in [4.69, 9.17) is 0 Å². The molecule has 1 atom stereocenters. The first-order valence-corrected chi connectivity index (χ1v) is 8.41. The molecule has 0 bridgehead atoms. The number of fused-ring (bicyclic) bond motifs is 1. The Morgan fingerprint density at radius 1 is 1.09 bits per heavy atom. The molecule has 22 heavy (non-hydrogen) atoms. The molecule has 0 saturated carbocycles. The molecule has 2 heteroatoms. The average molecular weight is 293 g/mol. The molecule has 4 rings (SSSR count). The lowest BCUT2D eigenvalue weighted by molar-refractivity contribution is 0.184. The van der Waals surface area contributed by atoms with Crippen LogP contribution in [0.4, 0.5) is 0 Å². The summed E-state index contributed by atoms with van der Waals surface area (Å²) in [6.45, 7) is 4.53. The van der Waals surface area contributed by atoms with Crippen molar-refractivity contribution in [3.8, 4) is 5.75 Å². The van der Waals surface area contributed by atoms with Gasteiger partial charge in [0.15, 0.2) is 0 Å². The minimum atomic E-state index is 0.427. The maximum absolute atomic E-state index is 10.1. The summed E-state index contributed by atoms with van der Waals surface area (Å²) < 4.78 is 0. The largest absolute Gasteiger partial charge is 0.508 e. The molecule has 2 aliphatic rings. The lowest BCUT2D eigenvalue weighted by Gasteiger charge is -2.38. The van der Waals surface area contributed by atoms with E-state index in [1.54, 1.807) is 0 Å². The Bertz CT molecular complexity index is 707. The van der Waals surface area contributed by atoms with Gasteiger partial charge < -0.3 is 5.11 Å². The number of phenolic OH excluding ortho intramolecular Hbond substituents is 1. The van der Waals surface area contributed by atoms with E-state index in [0.29, 0.717) is 11.8 Å². The molecular formula is C20H23NO. The topological polar surface area (TPSA) is 23.5 Å². The van der Waals surface area contributed by atoms with Crippen molar-refractivity contribution in [1.82, 2.24) is 4.90 Å². The van der Waals surface area contributed by atoms with Crippen molar-refractivity contribution in [3.63, 3.8) is 0 Å². The van der Waals surface area contributed by atoms with Gasteiger partial charge in [-0.05, 0) is 72.2 Å². The molecule has 1 aliphatic carbocycles. The van der Waals surface area contributed by atoms with Crippen molar-refractivity contribution < 1.29 is 5.11 Å². The third-order valence-corrected chi connectivity index (χ3v) is 5.20. The van der Waals surface area contributed by atoms with E-state index in [1.807, 2.05) is 12.1 Å². The molecular weight excluding hydrogens is 270 g/mol. The van der Waals surface area contributed by atoms with Gasteiger partial charge in [-0.15, -0.1) is 0 Å². The maximum atomic E-state index is 10.1. The Kier molecular flexibility index (Phi) is 3.42. The predicted molar refractivity (Wildman–Crippen MR) is 89.4 cm³/mol. The van der Waals surface area contributed by atoms with E-state index in [2.05, 4.69) is 36.1 Å². The zero-order chi connectivity index (χ0) is 15.1. The summed E-state index contributed by atoms with van der Waals surface area (Å²) in [5, 5.41) is 10.1. The van der Waals surface area contributed by atoms with Crippen LogP contribution in [-0.4, -0.2) is 23.1 Å². The molecule has 0 saturated heterocycles. The number of hydrogen-bond donors (Lipinski definition) is 1. The van der Waals surface area contributed by atoms with Crippen LogP contribution in [0.3, 0.4) is 0 Å². The first-order valence-electron chi connectivity index (χ1n) is 8.41. The van der Waals surface area contributed by atoms with Crippen LogP contribution in [0.1, 0.15) is 47.2 Å². The third-order valence-electron chi connectivity index (χ3n) is 5.20. The Morgan fingerprint density at radius 2 is 1.86 bits per heavy atom. The molecule has 114 valence electrons. The van der Waals surface area contributed by atoms with Gasteiger partial charge in [0.25, 0.3) is 0 Å². The summed E-state index contributed by atoms with van der Waals surface area (Å²) in [6, 6.07) is 13.3. The van der Waals surface area contributed by atoms with Crippen molar-refractivity contribution in [3.05, 3.63) is 64.2 Å². The van der Waals surface area contributed by atoms with Crippen molar-refractivity contribution in [1.29, 1.82) is 0 Å². The standard InChI is InChI=1S/C20H23NO/c1-2-8-21-9-7-16-11-18(22)12-17-10-14-5-3-4-6-15(14)13-19(21)20(16)17/h3-6,11-12,19,22H,2,7-10,13H2,1H3. The third kappa shape index (κ3) is 2.22. The molecule has 0 radical (unpaired) electrons. The van der Waals surface area contributed by atoms with Gasteiger partial charge in [-0.1, -0.05) is 31.2 Å². The van der Waals surface area contributed by atoms with Crippen molar-refractivity contribution in [2.45, 2.75) is 38.6 Å². The highest BCUT2D eigenvalue weighted by atomic mass is 16.3. The lowest BCUT2D eigenvalue weighted by Crippen LogP contribution is -2.37. The van der Waals surface area contributed by atoms with E-state index in [1.165, 1.54) is 34.2 Å². The van der Waals surface area contributed by atoms with Crippen molar-refractivity contribution >= 4 is 0 Å². The summed E-state index contributed by atoms with van der Waals surface area (Å²) in [5.41, 5.74) is 7.07.